The summed E-state index contributed by atoms with van der Waals surface area (Å²) in [6.45, 7) is 4.60. The van der Waals surface area contributed by atoms with Crippen LogP contribution in [0.2, 0.25) is 0 Å². The lowest BCUT2D eigenvalue weighted by Crippen LogP contribution is -2.27. The lowest BCUT2D eigenvalue weighted by atomic mass is 9.98. The van der Waals surface area contributed by atoms with E-state index in [1.807, 2.05) is 24.3 Å². The smallest absolute Gasteiger partial charge is 0.407 e. The van der Waals surface area contributed by atoms with Crippen LogP contribution in [0.15, 0.2) is 61.2 Å². The van der Waals surface area contributed by atoms with Crippen LogP contribution < -0.4 is 5.32 Å². The van der Waals surface area contributed by atoms with Gasteiger partial charge in [0.15, 0.2) is 0 Å². The van der Waals surface area contributed by atoms with Gasteiger partial charge in [0.1, 0.15) is 13.2 Å². The number of fused-ring (bicyclic) bond motifs is 3. The quantitative estimate of drug-likeness (QED) is 0.357. The second-order valence-corrected chi connectivity index (χ2v) is 7.03. The van der Waals surface area contributed by atoms with E-state index in [4.69, 9.17) is 9.47 Å². The highest BCUT2D eigenvalue weighted by Crippen LogP contribution is 2.44. The molecule has 5 nitrogen and oxygen atoms in total. The molecule has 29 heavy (non-hydrogen) atoms. The van der Waals surface area contributed by atoms with Crippen molar-refractivity contribution in [3.8, 4) is 11.1 Å². The van der Waals surface area contributed by atoms with Crippen LogP contribution in [0.4, 0.5) is 4.79 Å². The van der Waals surface area contributed by atoms with Crippen molar-refractivity contribution in [1.82, 2.24) is 5.32 Å². The molecule has 1 amide bonds. The van der Waals surface area contributed by atoms with Gasteiger partial charge in [-0.3, -0.25) is 4.79 Å². The Labute approximate surface area is 171 Å². The van der Waals surface area contributed by atoms with Gasteiger partial charge in [0, 0.05) is 18.9 Å². The molecule has 0 spiro atoms. The number of amides is 1. The molecule has 0 radical (unpaired) electrons. The summed E-state index contributed by atoms with van der Waals surface area (Å²) in [5, 5.41) is 2.79. The minimum absolute atomic E-state index is 0.0646. The van der Waals surface area contributed by atoms with Gasteiger partial charge in [0.2, 0.25) is 0 Å². The van der Waals surface area contributed by atoms with Crippen molar-refractivity contribution in [2.75, 3.05) is 19.8 Å². The van der Waals surface area contributed by atoms with E-state index in [0.29, 0.717) is 19.6 Å². The number of carbonyl (C=O) groups is 2. The third kappa shape index (κ3) is 5.47. The third-order valence-corrected chi connectivity index (χ3v) is 5.03. The highest BCUT2D eigenvalue weighted by atomic mass is 16.5. The van der Waals surface area contributed by atoms with Gasteiger partial charge in [-0.15, -0.1) is 0 Å². The molecule has 152 valence electrons. The highest BCUT2D eigenvalue weighted by Gasteiger charge is 2.28. The van der Waals surface area contributed by atoms with Crippen molar-refractivity contribution in [3.05, 3.63) is 72.3 Å². The number of hydrogen-bond acceptors (Lipinski definition) is 4. The Morgan fingerprint density at radius 3 is 2.24 bits per heavy atom. The molecule has 0 atom stereocenters. The second-order valence-electron chi connectivity index (χ2n) is 7.03. The van der Waals surface area contributed by atoms with E-state index in [-0.39, 0.29) is 18.5 Å². The lowest BCUT2D eigenvalue weighted by Gasteiger charge is -2.14. The van der Waals surface area contributed by atoms with Crippen LogP contribution >= 0.6 is 0 Å². The predicted octanol–water partition coefficient (Wildman–Crippen LogP) is 4.81. The topological polar surface area (TPSA) is 64.6 Å². The van der Waals surface area contributed by atoms with E-state index in [1.165, 1.54) is 22.3 Å². The minimum Gasteiger partial charge on any atom is -0.461 e. The Bertz CT molecular complexity index is 816. The number of alkyl carbamates (subject to hydrolysis) is 1. The Morgan fingerprint density at radius 2 is 1.59 bits per heavy atom. The molecule has 5 heteroatoms. The van der Waals surface area contributed by atoms with Crippen molar-refractivity contribution in [3.63, 3.8) is 0 Å². The first-order chi connectivity index (χ1) is 14.2. The summed E-state index contributed by atoms with van der Waals surface area (Å²) in [6, 6.07) is 16.5. The number of benzene rings is 2. The van der Waals surface area contributed by atoms with Crippen LogP contribution in [-0.2, 0) is 14.3 Å². The minimum atomic E-state index is -0.405. The zero-order valence-corrected chi connectivity index (χ0v) is 16.6. The molecule has 1 aliphatic rings. The Hall–Kier alpha value is -3.08. The molecule has 2 aromatic carbocycles. The second kappa shape index (κ2) is 10.5. The van der Waals surface area contributed by atoms with E-state index in [0.717, 1.165) is 19.3 Å². The lowest BCUT2D eigenvalue weighted by molar-refractivity contribution is -0.142. The van der Waals surface area contributed by atoms with Gasteiger partial charge in [-0.25, -0.2) is 4.79 Å². The summed E-state index contributed by atoms with van der Waals surface area (Å²) in [4.78, 5) is 23.4. The van der Waals surface area contributed by atoms with Crippen molar-refractivity contribution in [2.45, 2.75) is 31.6 Å². The molecule has 0 aromatic heterocycles. The van der Waals surface area contributed by atoms with Gasteiger partial charge in [-0.1, -0.05) is 67.6 Å². The van der Waals surface area contributed by atoms with Crippen LogP contribution in [0.25, 0.3) is 11.1 Å². The number of esters is 1. The molecular formula is C24H27NO4. The van der Waals surface area contributed by atoms with Crippen molar-refractivity contribution < 1.29 is 19.1 Å². The maximum Gasteiger partial charge on any atom is 0.407 e. The van der Waals surface area contributed by atoms with E-state index < -0.39 is 6.09 Å². The van der Waals surface area contributed by atoms with Crippen LogP contribution in [-0.4, -0.2) is 31.8 Å². The summed E-state index contributed by atoms with van der Waals surface area (Å²) in [5.74, 6) is -0.149. The SMILES string of the molecule is C=CCOC(=O)CCCCCNC(=O)OCC1c2ccccc2-c2ccccc21. The van der Waals surface area contributed by atoms with Crippen LogP contribution in [0.3, 0.4) is 0 Å². The molecule has 0 heterocycles. The van der Waals surface area contributed by atoms with E-state index in [1.54, 1.807) is 6.08 Å². The molecule has 0 unspecified atom stereocenters. The van der Waals surface area contributed by atoms with Crippen molar-refractivity contribution >= 4 is 12.1 Å². The number of ether oxygens (including phenoxy) is 2. The number of rotatable bonds is 10. The Balaban J connectivity index is 1.38. The van der Waals surface area contributed by atoms with Crippen LogP contribution in [0.1, 0.15) is 42.7 Å². The monoisotopic (exact) mass is 393 g/mol. The maximum atomic E-state index is 12.1. The van der Waals surface area contributed by atoms with Gasteiger partial charge in [0.05, 0.1) is 0 Å². The molecule has 0 aliphatic heterocycles. The number of unbranched alkanes of at least 4 members (excludes halogenated alkanes) is 2. The molecule has 0 fully saturated rings. The maximum absolute atomic E-state index is 12.1. The third-order valence-electron chi connectivity index (χ3n) is 5.03. The summed E-state index contributed by atoms with van der Waals surface area (Å²) < 4.78 is 10.4. The largest absolute Gasteiger partial charge is 0.461 e. The number of nitrogens with one attached hydrogen (secondary N) is 1. The van der Waals surface area contributed by atoms with Gasteiger partial charge >= 0.3 is 12.1 Å². The van der Waals surface area contributed by atoms with Gasteiger partial charge in [-0.05, 0) is 35.1 Å². The molecule has 1 N–H and O–H groups in total. The molecule has 0 saturated carbocycles. The summed E-state index contributed by atoms with van der Waals surface area (Å²) in [6.07, 6.45) is 3.90. The van der Waals surface area contributed by atoms with Gasteiger partial charge < -0.3 is 14.8 Å². The summed E-state index contributed by atoms with van der Waals surface area (Å²) >= 11 is 0. The molecule has 3 rings (SSSR count). The first kappa shape index (κ1) is 20.6. The molecule has 1 aliphatic carbocycles. The average molecular weight is 393 g/mol. The van der Waals surface area contributed by atoms with Crippen molar-refractivity contribution in [1.29, 1.82) is 0 Å². The first-order valence-electron chi connectivity index (χ1n) is 10.1. The molecule has 0 saturated heterocycles. The van der Waals surface area contributed by atoms with E-state index >= 15 is 0 Å². The molecule has 2 aromatic rings. The van der Waals surface area contributed by atoms with Crippen molar-refractivity contribution in [2.24, 2.45) is 0 Å². The van der Waals surface area contributed by atoms with E-state index in [2.05, 4.69) is 36.2 Å². The fourth-order valence-corrected chi connectivity index (χ4v) is 3.64. The summed E-state index contributed by atoms with van der Waals surface area (Å²) in [7, 11) is 0. The van der Waals surface area contributed by atoms with Gasteiger partial charge in [-0.2, -0.15) is 0 Å². The standard InChI is InChI=1S/C24H27NO4/c1-2-16-28-23(26)14-4-3-9-15-25-24(27)29-17-22-20-12-7-5-10-18(20)19-11-6-8-13-21(19)22/h2,5-8,10-13,22H,1,3-4,9,14-17H2,(H,25,27). The zero-order chi connectivity index (χ0) is 20.5. The van der Waals surface area contributed by atoms with Gasteiger partial charge in [0.25, 0.3) is 0 Å². The average Bonchev–Trinajstić information content (AvgIpc) is 3.07. The fraction of sp³-hybridized carbons (Fsp3) is 0.333. The Kier molecular flexibility index (Phi) is 7.45. The highest BCUT2D eigenvalue weighted by molar-refractivity contribution is 5.79. The number of carbonyl (C=O) groups excluding carboxylic acids is 2. The number of hydrogen-bond donors (Lipinski definition) is 1. The zero-order valence-electron chi connectivity index (χ0n) is 16.6. The first-order valence-corrected chi connectivity index (χ1v) is 10.1. The van der Waals surface area contributed by atoms with Crippen LogP contribution in [0.5, 0.6) is 0 Å². The Morgan fingerprint density at radius 1 is 0.931 bits per heavy atom. The molecule has 0 bridgehead atoms. The fourth-order valence-electron chi connectivity index (χ4n) is 3.64. The normalized spacial score (nSPS) is 12.0. The summed E-state index contributed by atoms with van der Waals surface area (Å²) in [5.41, 5.74) is 4.82. The van der Waals surface area contributed by atoms with E-state index in [9.17, 15) is 9.59 Å². The van der Waals surface area contributed by atoms with Crippen LogP contribution in [0, 0.1) is 0 Å². The predicted molar refractivity (Wildman–Crippen MR) is 113 cm³/mol. The molecular weight excluding hydrogens is 366 g/mol.